The minimum Gasteiger partial charge on any atom is -0.455 e. The highest BCUT2D eigenvalue weighted by molar-refractivity contribution is 5.97. The average Bonchev–Trinajstić information content (AvgIpc) is 2.51. The van der Waals surface area contributed by atoms with Gasteiger partial charge in [0.2, 0.25) is 5.91 Å². The van der Waals surface area contributed by atoms with Gasteiger partial charge in [-0.15, -0.1) is 0 Å². The fourth-order valence-corrected chi connectivity index (χ4v) is 2.63. The summed E-state index contributed by atoms with van der Waals surface area (Å²) in [5.74, 6) is 0.412. The first kappa shape index (κ1) is 15.4. The number of fused-ring (bicyclic) bond motifs is 1. The number of hydrogen-bond acceptors (Lipinski definition) is 2. The van der Waals surface area contributed by atoms with Crippen molar-refractivity contribution in [2.75, 3.05) is 11.9 Å². The van der Waals surface area contributed by atoms with Gasteiger partial charge in [-0.25, -0.2) is 0 Å². The first-order valence-corrected chi connectivity index (χ1v) is 7.10. The molecule has 3 nitrogen and oxygen atoms in total. The van der Waals surface area contributed by atoms with Gasteiger partial charge in [0, 0.05) is 13.5 Å². The Kier molecular flexibility index (Phi) is 3.75. The molecule has 0 fully saturated rings. The molecule has 6 heteroatoms. The van der Waals surface area contributed by atoms with Crippen molar-refractivity contribution in [2.45, 2.75) is 19.0 Å². The number of anilines is 1. The molecular weight excluding hydrogens is 307 g/mol. The van der Waals surface area contributed by atoms with E-state index in [0.717, 1.165) is 17.7 Å². The summed E-state index contributed by atoms with van der Waals surface area (Å²) in [6.45, 7) is 0. The Morgan fingerprint density at radius 1 is 1.09 bits per heavy atom. The zero-order valence-electron chi connectivity index (χ0n) is 12.4. The highest BCUT2D eigenvalue weighted by Gasteiger charge is 2.31. The molecule has 1 aliphatic rings. The lowest BCUT2D eigenvalue weighted by Crippen LogP contribution is -2.31. The minimum atomic E-state index is -4.43. The molecule has 0 atom stereocenters. The van der Waals surface area contributed by atoms with E-state index >= 15 is 0 Å². The summed E-state index contributed by atoms with van der Waals surface area (Å²) in [4.78, 5) is 13.4. The number of rotatable bonds is 2. The van der Waals surface area contributed by atoms with Crippen molar-refractivity contribution in [3.8, 4) is 11.5 Å². The maximum atomic E-state index is 12.8. The van der Waals surface area contributed by atoms with Crippen LogP contribution in [0.5, 0.6) is 11.5 Å². The van der Waals surface area contributed by atoms with Gasteiger partial charge in [-0.3, -0.25) is 4.79 Å². The van der Waals surface area contributed by atoms with Crippen LogP contribution in [-0.2, 0) is 17.4 Å². The summed E-state index contributed by atoms with van der Waals surface area (Å²) < 4.78 is 44.0. The Hall–Kier alpha value is -2.50. The Morgan fingerprint density at radius 3 is 2.57 bits per heavy atom. The van der Waals surface area contributed by atoms with E-state index in [4.69, 9.17) is 4.74 Å². The van der Waals surface area contributed by atoms with Crippen LogP contribution in [0.3, 0.4) is 0 Å². The molecule has 1 amide bonds. The molecule has 0 saturated carbocycles. The highest BCUT2D eigenvalue weighted by Crippen LogP contribution is 2.39. The third-order valence-electron chi connectivity index (χ3n) is 3.79. The van der Waals surface area contributed by atoms with Gasteiger partial charge in [-0.2, -0.15) is 13.2 Å². The Labute approximate surface area is 131 Å². The summed E-state index contributed by atoms with van der Waals surface area (Å²) in [5.41, 5.74) is 0.780. The summed E-state index contributed by atoms with van der Waals surface area (Å²) in [7, 11) is 1.64. The molecule has 0 saturated heterocycles. The Morgan fingerprint density at radius 2 is 1.83 bits per heavy atom. The number of ether oxygens (including phenoxy) is 1. The largest absolute Gasteiger partial charge is 0.455 e. The van der Waals surface area contributed by atoms with E-state index in [1.54, 1.807) is 19.2 Å². The second kappa shape index (κ2) is 5.61. The molecule has 120 valence electrons. The van der Waals surface area contributed by atoms with Gasteiger partial charge in [-0.1, -0.05) is 18.2 Å². The molecular formula is C17H14F3NO2. The van der Waals surface area contributed by atoms with Crippen molar-refractivity contribution >= 4 is 11.6 Å². The van der Waals surface area contributed by atoms with Crippen LogP contribution in [0.25, 0.3) is 0 Å². The molecule has 0 aromatic heterocycles. The fourth-order valence-electron chi connectivity index (χ4n) is 2.63. The second-order valence-corrected chi connectivity index (χ2v) is 5.34. The van der Waals surface area contributed by atoms with E-state index in [2.05, 4.69) is 0 Å². The van der Waals surface area contributed by atoms with E-state index in [1.165, 1.54) is 17.0 Å². The standard InChI is InChI=1S/C17H14F3NO2/c1-21-15(22)9-8-11-4-2-7-14(16(11)21)23-13-6-3-5-12(10-13)17(18,19)20/h2-7,10H,8-9H2,1H3. The van der Waals surface area contributed by atoms with Crippen LogP contribution in [0.4, 0.5) is 18.9 Å². The number of nitrogens with zero attached hydrogens (tertiary/aromatic N) is 1. The van der Waals surface area contributed by atoms with E-state index in [-0.39, 0.29) is 11.7 Å². The lowest BCUT2D eigenvalue weighted by Gasteiger charge is -2.27. The normalized spacial score (nSPS) is 14.6. The first-order valence-electron chi connectivity index (χ1n) is 7.10. The maximum absolute atomic E-state index is 12.8. The molecule has 0 bridgehead atoms. The lowest BCUT2D eigenvalue weighted by atomic mass is 10.0. The Bertz CT molecular complexity index is 756. The topological polar surface area (TPSA) is 29.5 Å². The maximum Gasteiger partial charge on any atom is 0.416 e. The summed E-state index contributed by atoms with van der Waals surface area (Å²) in [5, 5.41) is 0. The monoisotopic (exact) mass is 321 g/mol. The van der Waals surface area contributed by atoms with Crippen molar-refractivity contribution in [1.82, 2.24) is 0 Å². The van der Waals surface area contributed by atoms with E-state index in [9.17, 15) is 18.0 Å². The van der Waals surface area contributed by atoms with Gasteiger partial charge in [0.25, 0.3) is 0 Å². The number of para-hydroxylation sites is 1. The number of aryl methyl sites for hydroxylation is 1. The molecule has 2 aromatic carbocycles. The van der Waals surface area contributed by atoms with Gasteiger partial charge < -0.3 is 9.64 Å². The van der Waals surface area contributed by atoms with Gasteiger partial charge in [0.05, 0.1) is 11.3 Å². The third kappa shape index (κ3) is 3.02. The van der Waals surface area contributed by atoms with Gasteiger partial charge in [-0.05, 0) is 36.2 Å². The summed E-state index contributed by atoms with van der Waals surface area (Å²) in [6, 6.07) is 9.99. The van der Waals surface area contributed by atoms with E-state index < -0.39 is 11.7 Å². The number of benzene rings is 2. The predicted molar refractivity (Wildman–Crippen MR) is 79.7 cm³/mol. The lowest BCUT2D eigenvalue weighted by molar-refractivity contribution is -0.137. The van der Waals surface area contributed by atoms with Crippen molar-refractivity contribution < 1.29 is 22.7 Å². The van der Waals surface area contributed by atoms with E-state index in [0.29, 0.717) is 24.3 Å². The van der Waals surface area contributed by atoms with Crippen LogP contribution in [0.15, 0.2) is 42.5 Å². The summed E-state index contributed by atoms with van der Waals surface area (Å²) >= 11 is 0. The van der Waals surface area contributed by atoms with Gasteiger partial charge >= 0.3 is 6.18 Å². The molecule has 0 aliphatic carbocycles. The van der Waals surface area contributed by atoms with Gasteiger partial charge in [0.1, 0.15) is 5.75 Å². The average molecular weight is 321 g/mol. The zero-order chi connectivity index (χ0) is 16.6. The van der Waals surface area contributed by atoms with Crippen LogP contribution >= 0.6 is 0 Å². The number of hydrogen-bond donors (Lipinski definition) is 0. The molecule has 0 spiro atoms. The van der Waals surface area contributed by atoms with Gasteiger partial charge in [0.15, 0.2) is 5.75 Å². The van der Waals surface area contributed by atoms with Crippen LogP contribution in [0, 0.1) is 0 Å². The first-order chi connectivity index (χ1) is 10.9. The molecule has 1 aliphatic heterocycles. The number of carbonyl (C=O) groups excluding carboxylic acids is 1. The molecule has 23 heavy (non-hydrogen) atoms. The number of halogens is 3. The van der Waals surface area contributed by atoms with Crippen LogP contribution in [-0.4, -0.2) is 13.0 Å². The number of alkyl halides is 3. The molecule has 0 radical (unpaired) electrons. The predicted octanol–water partition coefficient (Wildman–Crippen LogP) is 4.41. The number of amides is 1. The zero-order valence-corrected chi connectivity index (χ0v) is 12.4. The molecule has 1 heterocycles. The quantitative estimate of drug-likeness (QED) is 0.820. The molecule has 3 rings (SSSR count). The molecule has 0 unspecified atom stereocenters. The van der Waals surface area contributed by atoms with Crippen molar-refractivity contribution in [3.63, 3.8) is 0 Å². The Balaban J connectivity index is 1.97. The van der Waals surface area contributed by atoms with Crippen molar-refractivity contribution in [1.29, 1.82) is 0 Å². The van der Waals surface area contributed by atoms with Crippen LogP contribution in [0.2, 0.25) is 0 Å². The van der Waals surface area contributed by atoms with Crippen molar-refractivity contribution in [2.24, 2.45) is 0 Å². The molecule has 0 N–H and O–H groups in total. The SMILES string of the molecule is CN1C(=O)CCc2cccc(Oc3cccc(C(F)(F)F)c3)c21. The fraction of sp³-hybridized carbons (Fsp3) is 0.235. The second-order valence-electron chi connectivity index (χ2n) is 5.34. The summed E-state index contributed by atoms with van der Waals surface area (Å²) in [6.07, 6.45) is -3.42. The minimum absolute atomic E-state index is 0.0439. The van der Waals surface area contributed by atoms with E-state index in [1.807, 2.05) is 6.07 Å². The smallest absolute Gasteiger partial charge is 0.416 e. The van der Waals surface area contributed by atoms with Crippen molar-refractivity contribution in [3.05, 3.63) is 53.6 Å². The number of carbonyl (C=O) groups is 1. The van der Waals surface area contributed by atoms with Crippen LogP contribution in [0.1, 0.15) is 17.5 Å². The highest BCUT2D eigenvalue weighted by atomic mass is 19.4. The molecule has 2 aromatic rings. The third-order valence-corrected chi connectivity index (χ3v) is 3.79. The van der Waals surface area contributed by atoms with Crippen LogP contribution < -0.4 is 9.64 Å².